The summed E-state index contributed by atoms with van der Waals surface area (Å²) in [5, 5.41) is 5.86. The molecule has 1 aromatic heterocycles. The fourth-order valence-electron chi connectivity index (χ4n) is 3.12. The molecule has 0 aliphatic carbocycles. The van der Waals surface area contributed by atoms with Crippen LogP contribution in [0.15, 0.2) is 15.9 Å². The predicted molar refractivity (Wildman–Crippen MR) is 76.5 cm³/mol. The zero-order valence-electron chi connectivity index (χ0n) is 10.2. The van der Waals surface area contributed by atoms with Crippen LogP contribution in [0.2, 0.25) is 0 Å². The van der Waals surface area contributed by atoms with E-state index in [0.717, 1.165) is 12.0 Å². The van der Waals surface area contributed by atoms with Gasteiger partial charge in [0.05, 0.1) is 0 Å². The number of nitrogens with zero attached hydrogens (tertiary/aromatic N) is 1. The number of fused-ring (bicyclic) bond motifs is 1. The van der Waals surface area contributed by atoms with Crippen LogP contribution in [0, 0.1) is 5.92 Å². The van der Waals surface area contributed by atoms with Gasteiger partial charge in [0, 0.05) is 39.9 Å². The molecule has 0 bridgehead atoms. The average molecular weight is 315 g/mol. The maximum absolute atomic E-state index is 3.68. The molecule has 0 saturated carbocycles. The van der Waals surface area contributed by atoms with Gasteiger partial charge in [-0.15, -0.1) is 11.3 Å². The minimum absolute atomic E-state index is 0.568. The molecule has 1 aromatic rings. The normalized spacial score (nSPS) is 31.4. The molecule has 2 aliphatic rings. The predicted octanol–water partition coefficient (Wildman–Crippen LogP) is 3.26. The number of halogens is 1. The summed E-state index contributed by atoms with van der Waals surface area (Å²) in [5.41, 5.74) is 0. The fourth-order valence-corrected chi connectivity index (χ4v) is 4.66. The van der Waals surface area contributed by atoms with Gasteiger partial charge in [-0.2, -0.15) is 0 Å². The van der Waals surface area contributed by atoms with Crippen molar-refractivity contribution in [3.05, 3.63) is 20.8 Å². The molecule has 2 fully saturated rings. The van der Waals surface area contributed by atoms with Gasteiger partial charge in [0.2, 0.25) is 0 Å². The van der Waals surface area contributed by atoms with Crippen molar-refractivity contribution in [2.24, 2.45) is 5.92 Å². The molecule has 4 heteroatoms. The van der Waals surface area contributed by atoms with Gasteiger partial charge in [0.15, 0.2) is 0 Å². The van der Waals surface area contributed by atoms with Crippen molar-refractivity contribution >= 4 is 27.3 Å². The van der Waals surface area contributed by atoms with Crippen molar-refractivity contribution in [1.29, 1.82) is 0 Å². The molecule has 0 spiro atoms. The topological polar surface area (TPSA) is 15.3 Å². The van der Waals surface area contributed by atoms with Crippen molar-refractivity contribution in [2.75, 3.05) is 19.6 Å². The Labute approximate surface area is 116 Å². The molecule has 2 aliphatic heterocycles. The molecule has 0 amide bonds. The van der Waals surface area contributed by atoms with Crippen LogP contribution in [0.3, 0.4) is 0 Å². The van der Waals surface area contributed by atoms with Crippen LogP contribution < -0.4 is 5.32 Å². The Morgan fingerprint density at radius 3 is 3.12 bits per heavy atom. The summed E-state index contributed by atoms with van der Waals surface area (Å²) in [4.78, 5) is 4.13. The molecule has 3 atom stereocenters. The second kappa shape index (κ2) is 5.00. The minimum Gasteiger partial charge on any atom is -0.312 e. The van der Waals surface area contributed by atoms with Gasteiger partial charge >= 0.3 is 0 Å². The maximum atomic E-state index is 3.68. The SMILES string of the molecule is CC(c1cc(Br)cs1)N1C[C@@H]2CCCN[C@@H]2C1. The third-order valence-electron chi connectivity index (χ3n) is 4.17. The summed E-state index contributed by atoms with van der Waals surface area (Å²) in [6.07, 6.45) is 2.77. The van der Waals surface area contributed by atoms with Gasteiger partial charge in [0.1, 0.15) is 0 Å². The van der Waals surface area contributed by atoms with E-state index in [9.17, 15) is 0 Å². The van der Waals surface area contributed by atoms with E-state index in [-0.39, 0.29) is 0 Å². The summed E-state index contributed by atoms with van der Waals surface area (Å²) in [5.74, 6) is 0.884. The summed E-state index contributed by atoms with van der Waals surface area (Å²) >= 11 is 5.42. The van der Waals surface area contributed by atoms with Crippen LogP contribution in [0.25, 0.3) is 0 Å². The molecule has 1 unspecified atom stereocenters. The first kappa shape index (κ1) is 12.2. The molecule has 3 heterocycles. The van der Waals surface area contributed by atoms with E-state index in [0.29, 0.717) is 6.04 Å². The summed E-state index contributed by atoms with van der Waals surface area (Å²) in [6, 6.07) is 3.58. The third-order valence-corrected chi connectivity index (χ3v) is 6.04. The summed E-state index contributed by atoms with van der Waals surface area (Å²) < 4.78 is 1.22. The van der Waals surface area contributed by atoms with Gasteiger partial charge < -0.3 is 5.32 Å². The molecule has 3 rings (SSSR count). The Morgan fingerprint density at radius 1 is 1.53 bits per heavy atom. The van der Waals surface area contributed by atoms with Crippen LogP contribution in [0.5, 0.6) is 0 Å². The van der Waals surface area contributed by atoms with E-state index in [1.807, 2.05) is 11.3 Å². The number of hydrogen-bond donors (Lipinski definition) is 1. The monoisotopic (exact) mass is 314 g/mol. The van der Waals surface area contributed by atoms with E-state index >= 15 is 0 Å². The molecule has 0 radical (unpaired) electrons. The van der Waals surface area contributed by atoms with Crippen LogP contribution in [-0.4, -0.2) is 30.6 Å². The van der Waals surface area contributed by atoms with E-state index in [1.165, 1.54) is 41.8 Å². The molecule has 1 N–H and O–H groups in total. The largest absolute Gasteiger partial charge is 0.312 e. The molecule has 0 aromatic carbocycles. The Bertz CT molecular complexity index is 379. The zero-order chi connectivity index (χ0) is 11.8. The molecule has 94 valence electrons. The first-order valence-corrected chi connectivity index (χ1v) is 8.12. The van der Waals surface area contributed by atoms with Crippen molar-refractivity contribution in [2.45, 2.75) is 31.8 Å². The van der Waals surface area contributed by atoms with Crippen LogP contribution in [0.1, 0.15) is 30.7 Å². The molecule has 2 nitrogen and oxygen atoms in total. The standard InChI is InChI=1S/C13H19BrN2S/c1-9(13-5-11(14)8-17-13)16-6-10-3-2-4-15-12(10)7-16/h5,8-10,12,15H,2-4,6-7H2,1H3/t9?,10-,12+/m0/s1. The smallest absolute Gasteiger partial charge is 0.0414 e. The van der Waals surface area contributed by atoms with Gasteiger partial charge in [-0.25, -0.2) is 0 Å². The van der Waals surface area contributed by atoms with Crippen LogP contribution in [0.4, 0.5) is 0 Å². The Morgan fingerprint density at radius 2 is 2.41 bits per heavy atom. The number of thiophene rings is 1. The van der Waals surface area contributed by atoms with Crippen LogP contribution in [-0.2, 0) is 0 Å². The first-order chi connectivity index (χ1) is 8.24. The lowest BCUT2D eigenvalue weighted by Crippen LogP contribution is -2.40. The molecular formula is C13H19BrN2S. The van der Waals surface area contributed by atoms with Crippen molar-refractivity contribution in [1.82, 2.24) is 10.2 Å². The minimum atomic E-state index is 0.568. The second-order valence-corrected chi connectivity index (χ2v) is 7.12. The Hall–Kier alpha value is 0.1000. The number of rotatable bonds is 2. The highest BCUT2D eigenvalue weighted by Gasteiger charge is 2.36. The van der Waals surface area contributed by atoms with Gasteiger partial charge in [-0.3, -0.25) is 4.90 Å². The number of nitrogens with one attached hydrogen (secondary N) is 1. The first-order valence-electron chi connectivity index (χ1n) is 6.45. The maximum Gasteiger partial charge on any atom is 0.0414 e. The highest BCUT2D eigenvalue weighted by Crippen LogP contribution is 2.34. The zero-order valence-corrected chi connectivity index (χ0v) is 12.6. The quantitative estimate of drug-likeness (QED) is 0.901. The lowest BCUT2D eigenvalue weighted by Gasteiger charge is -2.25. The van der Waals surface area contributed by atoms with Crippen molar-refractivity contribution in [3.8, 4) is 0 Å². The summed E-state index contributed by atoms with van der Waals surface area (Å²) in [6.45, 7) is 6.05. The third kappa shape index (κ3) is 2.46. The van der Waals surface area contributed by atoms with Crippen LogP contribution >= 0.6 is 27.3 Å². The Kier molecular flexibility index (Phi) is 3.57. The summed E-state index contributed by atoms with van der Waals surface area (Å²) in [7, 11) is 0. The highest BCUT2D eigenvalue weighted by molar-refractivity contribution is 9.10. The van der Waals surface area contributed by atoms with E-state index in [1.54, 1.807) is 0 Å². The van der Waals surface area contributed by atoms with Gasteiger partial charge in [0.25, 0.3) is 0 Å². The van der Waals surface area contributed by atoms with E-state index < -0.39 is 0 Å². The second-order valence-electron chi connectivity index (χ2n) is 5.26. The van der Waals surface area contributed by atoms with Crippen molar-refractivity contribution < 1.29 is 0 Å². The number of likely N-dealkylation sites (tertiary alicyclic amines) is 1. The molecule has 2 saturated heterocycles. The average Bonchev–Trinajstić information content (AvgIpc) is 2.93. The Balaban J connectivity index is 1.69. The number of piperidine rings is 1. The number of hydrogen-bond acceptors (Lipinski definition) is 3. The lowest BCUT2D eigenvalue weighted by atomic mass is 9.94. The van der Waals surface area contributed by atoms with E-state index in [2.05, 4.69) is 44.5 Å². The highest BCUT2D eigenvalue weighted by atomic mass is 79.9. The van der Waals surface area contributed by atoms with E-state index in [4.69, 9.17) is 0 Å². The fraction of sp³-hybridized carbons (Fsp3) is 0.692. The molecule has 17 heavy (non-hydrogen) atoms. The lowest BCUT2D eigenvalue weighted by molar-refractivity contribution is 0.254. The van der Waals surface area contributed by atoms with Crippen molar-refractivity contribution in [3.63, 3.8) is 0 Å². The van der Waals surface area contributed by atoms with Gasteiger partial charge in [-0.05, 0) is 54.2 Å². The molecular weight excluding hydrogens is 296 g/mol. The van der Waals surface area contributed by atoms with Gasteiger partial charge in [-0.1, -0.05) is 0 Å².